The molecule has 0 radical (unpaired) electrons. The molecule has 0 N–H and O–H groups in total. The Kier molecular flexibility index (Phi) is 8.80. The van der Waals surface area contributed by atoms with Crippen molar-refractivity contribution in [1.29, 1.82) is 0 Å². The number of rotatable bonds is 7. The van der Waals surface area contributed by atoms with Crippen LogP contribution in [-0.2, 0) is 5.41 Å². The SMILES string of the molecule is CC1(C)c2ccccc2-c2cc3c4ccccc4n(-c4cccc(-c5nc(-c6ccccc6)nc(-c6cccc(-c7cc(-c8ccccc8)cc(-c8ccccc8)c7)c6)n5)c4)c3cc21. The van der Waals surface area contributed by atoms with Crippen LogP contribution in [0.3, 0.4) is 0 Å². The summed E-state index contributed by atoms with van der Waals surface area (Å²) in [6.45, 7) is 4.69. The van der Waals surface area contributed by atoms with Crippen molar-refractivity contribution >= 4 is 21.8 Å². The highest BCUT2D eigenvalue weighted by Crippen LogP contribution is 2.51. The normalized spacial score (nSPS) is 12.7. The molecule has 0 aliphatic heterocycles. The molecule has 9 aromatic carbocycles. The summed E-state index contributed by atoms with van der Waals surface area (Å²) in [7, 11) is 0. The number of benzene rings is 9. The van der Waals surface area contributed by atoms with E-state index in [1.807, 2.05) is 18.2 Å². The molecule has 302 valence electrons. The minimum Gasteiger partial charge on any atom is -0.309 e. The lowest BCUT2D eigenvalue weighted by Crippen LogP contribution is -2.14. The number of nitrogens with zero attached hydrogens (tertiary/aromatic N) is 4. The van der Waals surface area contributed by atoms with E-state index in [2.05, 4.69) is 219 Å². The molecule has 1 aliphatic rings. The molecule has 0 fully saturated rings. The quantitative estimate of drug-likeness (QED) is 0.161. The van der Waals surface area contributed by atoms with Crippen molar-refractivity contribution in [1.82, 2.24) is 19.5 Å². The van der Waals surface area contributed by atoms with Crippen LogP contribution in [0.25, 0.3) is 106 Å². The highest BCUT2D eigenvalue weighted by atomic mass is 15.0. The first-order valence-corrected chi connectivity index (χ1v) is 21.9. The maximum absolute atomic E-state index is 5.27. The van der Waals surface area contributed by atoms with Gasteiger partial charge in [-0.25, -0.2) is 15.0 Å². The zero-order valence-electron chi connectivity index (χ0n) is 35.6. The number of fused-ring (bicyclic) bond motifs is 6. The summed E-state index contributed by atoms with van der Waals surface area (Å²) in [5.74, 6) is 1.86. The second-order valence-corrected chi connectivity index (χ2v) is 17.3. The van der Waals surface area contributed by atoms with Gasteiger partial charge in [-0.2, -0.15) is 0 Å². The molecule has 0 atom stereocenters. The van der Waals surface area contributed by atoms with Gasteiger partial charge in [0.15, 0.2) is 17.5 Å². The van der Waals surface area contributed by atoms with Crippen LogP contribution >= 0.6 is 0 Å². The smallest absolute Gasteiger partial charge is 0.164 e. The van der Waals surface area contributed by atoms with E-state index in [-0.39, 0.29) is 5.41 Å². The topological polar surface area (TPSA) is 43.6 Å². The monoisotopic (exact) mass is 818 g/mol. The highest BCUT2D eigenvalue weighted by Gasteiger charge is 2.36. The van der Waals surface area contributed by atoms with Gasteiger partial charge in [0.1, 0.15) is 0 Å². The van der Waals surface area contributed by atoms with Crippen LogP contribution < -0.4 is 0 Å². The Morgan fingerprint density at radius 3 is 1.47 bits per heavy atom. The first-order chi connectivity index (χ1) is 31.5. The Morgan fingerprint density at radius 2 is 0.797 bits per heavy atom. The van der Waals surface area contributed by atoms with Crippen molar-refractivity contribution in [3.63, 3.8) is 0 Å². The summed E-state index contributed by atoms with van der Waals surface area (Å²) >= 11 is 0. The largest absolute Gasteiger partial charge is 0.309 e. The number of para-hydroxylation sites is 1. The van der Waals surface area contributed by atoms with Crippen LogP contribution in [0.5, 0.6) is 0 Å². The van der Waals surface area contributed by atoms with Gasteiger partial charge in [0.05, 0.1) is 11.0 Å². The van der Waals surface area contributed by atoms with Gasteiger partial charge in [-0.05, 0) is 110 Å². The average Bonchev–Trinajstić information content (AvgIpc) is 3.81. The molecule has 1 aliphatic carbocycles. The van der Waals surface area contributed by atoms with E-state index in [4.69, 9.17) is 15.0 Å². The number of aromatic nitrogens is 4. The van der Waals surface area contributed by atoms with Gasteiger partial charge >= 0.3 is 0 Å². The van der Waals surface area contributed by atoms with Gasteiger partial charge < -0.3 is 4.57 Å². The Morgan fingerprint density at radius 1 is 0.312 bits per heavy atom. The zero-order valence-corrected chi connectivity index (χ0v) is 35.6. The van der Waals surface area contributed by atoms with E-state index in [0.717, 1.165) is 50.1 Å². The van der Waals surface area contributed by atoms with Gasteiger partial charge in [0.2, 0.25) is 0 Å². The molecule has 4 nitrogen and oxygen atoms in total. The summed E-state index contributed by atoms with van der Waals surface area (Å²) in [6.07, 6.45) is 0. The van der Waals surface area contributed by atoms with Crippen LogP contribution in [0.1, 0.15) is 25.0 Å². The lowest BCUT2D eigenvalue weighted by atomic mass is 9.82. The average molecular weight is 819 g/mol. The van der Waals surface area contributed by atoms with E-state index in [1.54, 1.807) is 0 Å². The molecule has 2 heterocycles. The molecular weight excluding hydrogens is 777 g/mol. The van der Waals surface area contributed by atoms with E-state index < -0.39 is 0 Å². The molecule has 0 saturated carbocycles. The number of hydrogen-bond donors (Lipinski definition) is 0. The Balaban J connectivity index is 1.00. The molecule has 0 amide bonds. The van der Waals surface area contributed by atoms with Gasteiger partial charge in [-0.15, -0.1) is 0 Å². The maximum atomic E-state index is 5.27. The second kappa shape index (κ2) is 15.0. The van der Waals surface area contributed by atoms with Crippen molar-refractivity contribution in [2.45, 2.75) is 19.3 Å². The number of hydrogen-bond acceptors (Lipinski definition) is 3. The van der Waals surface area contributed by atoms with Crippen LogP contribution in [0.2, 0.25) is 0 Å². The van der Waals surface area contributed by atoms with Crippen molar-refractivity contribution in [2.24, 2.45) is 0 Å². The molecule has 2 aromatic heterocycles. The lowest BCUT2D eigenvalue weighted by molar-refractivity contribution is 0.661. The Labute approximate surface area is 372 Å². The van der Waals surface area contributed by atoms with Gasteiger partial charge in [0, 0.05) is 38.6 Å². The summed E-state index contributed by atoms with van der Waals surface area (Å²) in [6, 6.07) is 77.9. The minimum absolute atomic E-state index is 0.120. The fourth-order valence-corrected chi connectivity index (χ4v) is 9.80. The summed E-state index contributed by atoms with van der Waals surface area (Å²) in [5, 5.41) is 2.47. The molecule has 12 rings (SSSR count). The fraction of sp³-hybridized carbons (Fsp3) is 0.0500. The van der Waals surface area contributed by atoms with Crippen molar-refractivity contribution in [2.75, 3.05) is 0 Å². The van der Waals surface area contributed by atoms with E-state index in [1.165, 1.54) is 49.7 Å². The first kappa shape index (κ1) is 37.5. The third kappa shape index (κ3) is 6.34. The highest BCUT2D eigenvalue weighted by molar-refractivity contribution is 6.11. The molecule has 64 heavy (non-hydrogen) atoms. The maximum Gasteiger partial charge on any atom is 0.164 e. The first-order valence-electron chi connectivity index (χ1n) is 21.9. The predicted octanol–water partition coefficient (Wildman–Crippen LogP) is 15.3. The standard InChI is InChI=1S/C60H42N4/c1-60(2)53-30-14-12-28-49(53)51-37-52-50-29-13-15-31-55(50)64(56(52)38-54(51)60)48-27-17-26-44(36-48)59-62-57(41-22-10-5-11-23-41)61-58(63-59)43-25-16-24-42(32-43)47-34-45(39-18-6-3-7-19-39)33-46(35-47)40-20-8-4-9-21-40/h3-38H,1-2H3. The van der Waals surface area contributed by atoms with E-state index in [0.29, 0.717) is 17.5 Å². The van der Waals surface area contributed by atoms with Crippen molar-refractivity contribution in [3.8, 4) is 84.4 Å². The van der Waals surface area contributed by atoms with Gasteiger partial charge in [-0.3, -0.25) is 0 Å². The third-order valence-corrected chi connectivity index (χ3v) is 13.0. The lowest BCUT2D eigenvalue weighted by Gasteiger charge is -2.21. The Hall–Kier alpha value is -8.21. The van der Waals surface area contributed by atoms with Crippen LogP contribution in [0, 0.1) is 0 Å². The summed E-state index contributed by atoms with van der Waals surface area (Å²) in [4.78, 5) is 15.6. The van der Waals surface area contributed by atoms with Crippen LogP contribution in [0.15, 0.2) is 218 Å². The second-order valence-electron chi connectivity index (χ2n) is 17.3. The molecular formula is C60H42N4. The zero-order chi connectivity index (χ0) is 42.8. The Bertz CT molecular complexity index is 3510. The van der Waals surface area contributed by atoms with Crippen LogP contribution in [-0.4, -0.2) is 19.5 Å². The third-order valence-electron chi connectivity index (χ3n) is 13.0. The van der Waals surface area contributed by atoms with Crippen molar-refractivity contribution < 1.29 is 0 Å². The van der Waals surface area contributed by atoms with Crippen LogP contribution in [0.4, 0.5) is 0 Å². The van der Waals surface area contributed by atoms with Gasteiger partial charge in [0.25, 0.3) is 0 Å². The molecule has 0 bridgehead atoms. The predicted molar refractivity (Wildman–Crippen MR) is 264 cm³/mol. The molecule has 0 spiro atoms. The van der Waals surface area contributed by atoms with Crippen molar-refractivity contribution in [3.05, 3.63) is 230 Å². The molecule has 11 aromatic rings. The van der Waals surface area contributed by atoms with Gasteiger partial charge in [-0.1, -0.05) is 178 Å². The van der Waals surface area contributed by atoms with E-state index >= 15 is 0 Å². The van der Waals surface area contributed by atoms with E-state index in [9.17, 15) is 0 Å². The molecule has 0 unspecified atom stereocenters. The summed E-state index contributed by atoms with van der Waals surface area (Å²) < 4.78 is 2.41. The fourth-order valence-electron chi connectivity index (χ4n) is 9.80. The molecule has 0 saturated heterocycles. The summed E-state index contributed by atoms with van der Waals surface area (Å²) in [5.41, 5.74) is 18.3. The minimum atomic E-state index is -0.120. The molecule has 4 heteroatoms.